The molecular formula is C14H12FN5. The Morgan fingerprint density at radius 2 is 1.95 bits per heavy atom. The number of rotatable bonds is 4. The average Bonchev–Trinajstić information content (AvgIpc) is 3.00. The van der Waals surface area contributed by atoms with E-state index in [0.717, 1.165) is 16.8 Å². The molecule has 100 valence electrons. The maximum absolute atomic E-state index is 12.9. The molecule has 6 heteroatoms. The van der Waals surface area contributed by atoms with E-state index in [1.807, 2.05) is 30.3 Å². The predicted octanol–water partition coefficient (Wildman–Crippen LogP) is 2.62. The maximum atomic E-state index is 12.9. The third-order valence-corrected chi connectivity index (χ3v) is 2.87. The van der Waals surface area contributed by atoms with Crippen LogP contribution in [0.25, 0.3) is 11.3 Å². The molecule has 5 nitrogen and oxygen atoms in total. The van der Waals surface area contributed by atoms with Crippen molar-refractivity contribution < 1.29 is 4.39 Å². The monoisotopic (exact) mass is 269 g/mol. The van der Waals surface area contributed by atoms with E-state index in [2.05, 4.69) is 25.5 Å². The minimum Gasteiger partial charge on any atom is -0.366 e. The summed E-state index contributed by atoms with van der Waals surface area (Å²) in [6.07, 6.45) is 2.91. The van der Waals surface area contributed by atoms with Gasteiger partial charge in [-0.3, -0.25) is 5.10 Å². The van der Waals surface area contributed by atoms with Crippen molar-refractivity contribution in [2.45, 2.75) is 6.54 Å². The van der Waals surface area contributed by atoms with Crippen LogP contribution in [-0.2, 0) is 6.54 Å². The second kappa shape index (κ2) is 5.48. The van der Waals surface area contributed by atoms with E-state index in [-0.39, 0.29) is 0 Å². The zero-order valence-corrected chi connectivity index (χ0v) is 10.5. The van der Waals surface area contributed by atoms with Gasteiger partial charge in [0, 0.05) is 18.8 Å². The Kier molecular flexibility index (Phi) is 3.36. The van der Waals surface area contributed by atoms with Gasteiger partial charge in [0.15, 0.2) is 0 Å². The van der Waals surface area contributed by atoms with Gasteiger partial charge in [0.1, 0.15) is 12.1 Å². The standard InChI is InChI=1S/C14H12FN5/c15-13-7-14(18-9-17-13)16-8-10-1-3-11(4-2-10)12-5-6-19-20-12/h1-7,9H,8H2,(H,19,20)(H,16,17,18). The van der Waals surface area contributed by atoms with E-state index in [1.165, 1.54) is 12.4 Å². The fourth-order valence-electron chi connectivity index (χ4n) is 1.84. The summed E-state index contributed by atoms with van der Waals surface area (Å²) in [6.45, 7) is 0.569. The van der Waals surface area contributed by atoms with Gasteiger partial charge >= 0.3 is 0 Å². The number of benzene rings is 1. The van der Waals surface area contributed by atoms with Crippen LogP contribution in [0.2, 0.25) is 0 Å². The van der Waals surface area contributed by atoms with Crippen molar-refractivity contribution in [2.75, 3.05) is 5.32 Å². The Bertz CT molecular complexity index is 679. The van der Waals surface area contributed by atoms with E-state index in [0.29, 0.717) is 12.4 Å². The first-order valence-corrected chi connectivity index (χ1v) is 6.11. The number of hydrogen-bond donors (Lipinski definition) is 2. The fourth-order valence-corrected chi connectivity index (χ4v) is 1.84. The number of halogens is 1. The lowest BCUT2D eigenvalue weighted by Crippen LogP contribution is -2.02. The van der Waals surface area contributed by atoms with E-state index in [4.69, 9.17) is 0 Å². The molecule has 0 atom stereocenters. The van der Waals surface area contributed by atoms with Crippen LogP contribution in [0.5, 0.6) is 0 Å². The third-order valence-electron chi connectivity index (χ3n) is 2.87. The Labute approximate surface area is 114 Å². The van der Waals surface area contributed by atoms with Crippen LogP contribution in [-0.4, -0.2) is 20.2 Å². The molecule has 0 amide bonds. The van der Waals surface area contributed by atoms with Gasteiger partial charge in [-0.15, -0.1) is 0 Å². The molecule has 0 unspecified atom stereocenters. The zero-order chi connectivity index (χ0) is 13.8. The summed E-state index contributed by atoms with van der Waals surface area (Å²) in [5.41, 5.74) is 3.12. The summed E-state index contributed by atoms with van der Waals surface area (Å²) < 4.78 is 12.9. The Morgan fingerprint density at radius 3 is 2.65 bits per heavy atom. The van der Waals surface area contributed by atoms with Gasteiger partial charge in [0.05, 0.1) is 5.69 Å². The molecule has 2 aromatic heterocycles. The Balaban J connectivity index is 1.67. The highest BCUT2D eigenvalue weighted by atomic mass is 19.1. The summed E-state index contributed by atoms with van der Waals surface area (Å²) in [5, 5.41) is 9.88. The van der Waals surface area contributed by atoms with Crippen molar-refractivity contribution in [1.29, 1.82) is 0 Å². The highest BCUT2D eigenvalue weighted by Gasteiger charge is 2.00. The topological polar surface area (TPSA) is 66.5 Å². The van der Waals surface area contributed by atoms with Crippen molar-refractivity contribution in [1.82, 2.24) is 20.2 Å². The molecule has 0 aliphatic carbocycles. The molecule has 0 fully saturated rings. The molecule has 0 bridgehead atoms. The number of nitrogens with zero attached hydrogens (tertiary/aromatic N) is 3. The number of aromatic amines is 1. The third kappa shape index (κ3) is 2.80. The first-order chi connectivity index (χ1) is 9.81. The molecule has 0 saturated carbocycles. The number of anilines is 1. The quantitative estimate of drug-likeness (QED) is 0.714. The SMILES string of the molecule is Fc1cc(NCc2ccc(-c3ccn[nH]3)cc2)ncn1. The number of nitrogens with one attached hydrogen (secondary N) is 2. The summed E-state index contributed by atoms with van der Waals surface area (Å²) >= 11 is 0. The normalized spacial score (nSPS) is 10.4. The number of hydrogen-bond acceptors (Lipinski definition) is 4. The van der Waals surface area contributed by atoms with Crippen LogP contribution < -0.4 is 5.32 Å². The summed E-state index contributed by atoms with van der Waals surface area (Å²) in [4.78, 5) is 7.35. The van der Waals surface area contributed by atoms with Crippen LogP contribution >= 0.6 is 0 Å². The highest BCUT2D eigenvalue weighted by molar-refractivity contribution is 5.58. The number of H-pyrrole nitrogens is 1. The lowest BCUT2D eigenvalue weighted by atomic mass is 10.1. The molecule has 2 heterocycles. The van der Waals surface area contributed by atoms with Gasteiger partial charge in [-0.25, -0.2) is 9.97 Å². The second-order valence-corrected chi connectivity index (χ2v) is 4.25. The fraction of sp³-hybridized carbons (Fsp3) is 0.0714. The summed E-state index contributed by atoms with van der Waals surface area (Å²) in [7, 11) is 0. The lowest BCUT2D eigenvalue weighted by Gasteiger charge is -2.06. The highest BCUT2D eigenvalue weighted by Crippen LogP contribution is 2.17. The van der Waals surface area contributed by atoms with E-state index >= 15 is 0 Å². The molecule has 20 heavy (non-hydrogen) atoms. The molecular weight excluding hydrogens is 257 g/mol. The van der Waals surface area contributed by atoms with Crippen molar-refractivity contribution >= 4 is 5.82 Å². The van der Waals surface area contributed by atoms with Gasteiger partial charge in [0.25, 0.3) is 0 Å². The lowest BCUT2D eigenvalue weighted by molar-refractivity contribution is 0.580. The second-order valence-electron chi connectivity index (χ2n) is 4.25. The molecule has 0 saturated heterocycles. The van der Waals surface area contributed by atoms with Crippen molar-refractivity contribution in [2.24, 2.45) is 0 Å². The van der Waals surface area contributed by atoms with Crippen LogP contribution in [0.4, 0.5) is 10.2 Å². The predicted molar refractivity (Wildman–Crippen MR) is 73.3 cm³/mol. The zero-order valence-electron chi connectivity index (χ0n) is 10.5. The van der Waals surface area contributed by atoms with E-state index in [1.54, 1.807) is 6.20 Å². The van der Waals surface area contributed by atoms with Crippen molar-refractivity contribution in [3.8, 4) is 11.3 Å². The molecule has 1 aromatic carbocycles. The van der Waals surface area contributed by atoms with Crippen LogP contribution in [0.1, 0.15) is 5.56 Å². The molecule has 2 N–H and O–H groups in total. The van der Waals surface area contributed by atoms with Gasteiger partial charge < -0.3 is 5.32 Å². The first-order valence-electron chi connectivity index (χ1n) is 6.11. The Morgan fingerprint density at radius 1 is 1.10 bits per heavy atom. The minimum absolute atomic E-state index is 0.468. The van der Waals surface area contributed by atoms with E-state index in [9.17, 15) is 4.39 Å². The largest absolute Gasteiger partial charge is 0.366 e. The van der Waals surface area contributed by atoms with Gasteiger partial charge in [-0.1, -0.05) is 24.3 Å². The van der Waals surface area contributed by atoms with Crippen LogP contribution in [0.3, 0.4) is 0 Å². The van der Waals surface area contributed by atoms with Gasteiger partial charge in [0.2, 0.25) is 5.95 Å². The summed E-state index contributed by atoms with van der Waals surface area (Å²) in [6, 6.07) is 11.2. The number of aromatic nitrogens is 4. The first kappa shape index (κ1) is 12.3. The molecule has 3 aromatic rings. The molecule has 0 spiro atoms. The van der Waals surface area contributed by atoms with E-state index < -0.39 is 5.95 Å². The van der Waals surface area contributed by atoms with Gasteiger partial charge in [-0.05, 0) is 17.2 Å². The average molecular weight is 269 g/mol. The van der Waals surface area contributed by atoms with Gasteiger partial charge in [-0.2, -0.15) is 9.49 Å². The maximum Gasteiger partial charge on any atom is 0.217 e. The Hall–Kier alpha value is -2.76. The van der Waals surface area contributed by atoms with Crippen LogP contribution in [0.15, 0.2) is 48.9 Å². The van der Waals surface area contributed by atoms with Crippen molar-refractivity contribution in [3.05, 3.63) is 60.4 Å². The van der Waals surface area contributed by atoms with Crippen LogP contribution in [0, 0.1) is 5.95 Å². The smallest absolute Gasteiger partial charge is 0.217 e. The molecule has 0 aliphatic rings. The molecule has 0 aliphatic heterocycles. The van der Waals surface area contributed by atoms with Crippen molar-refractivity contribution in [3.63, 3.8) is 0 Å². The summed E-state index contributed by atoms with van der Waals surface area (Å²) in [5.74, 6) is -0.0766. The molecule has 0 radical (unpaired) electrons. The molecule has 3 rings (SSSR count). The minimum atomic E-state index is -0.544.